The van der Waals surface area contributed by atoms with E-state index in [9.17, 15) is 4.79 Å². The minimum absolute atomic E-state index is 0.129. The fourth-order valence-electron chi connectivity index (χ4n) is 3.26. The Balaban J connectivity index is 1.71. The Morgan fingerprint density at radius 3 is 2.57 bits per heavy atom. The second-order valence-electron chi connectivity index (χ2n) is 6.88. The molecule has 3 aromatic carbocycles. The minimum atomic E-state index is -0.129. The second kappa shape index (κ2) is 9.24. The lowest BCUT2D eigenvalue weighted by Crippen LogP contribution is -2.28. The van der Waals surface area contributed by atoms with Gasteiger partial charge in [-0.05, 0) is 41.3 Å². The third kappa shape index (κ3) is 4.45. The molecule has 1 heterocycles. The summed E-state index contributed by atoms with van der Waals surface area (Å²) in [6.45, 7) is 2.57. The molecule has 0 bridgehead atoms. The highest BCUT2D eigenvalue weighted by Gasteiger charge is 2.19. The molecule has 0 aliphatic rings. The van der Waals surface area contributed by atoms with Crippen molar-refractivity contribution in [3.8, 4) is 0 Å². The van der Waals surface area contributed by atoms with Gasteiger partial charge in [-0.25, -0.2) is 4.98 Å². The van der Waals surface area contributed by atoms with Gasteiger partial charge < -0.3 is 0 Å². The number of amides is 1. The first kappa shape index (κ1) is 20.3. The molecule has 0 saturated heterocycles. The van der Waals surface area contributed by atoms with Gasteiger partial charge >= 0.3 is 0 Å². The number of benzene rings is 3. The largest absolute Gasteiger partial charge is 0.280 e. The molecular weight excluding hydrogens is 412 g/mol. The third-order valence-corrected chi connectivity index (χ3v) is 6.25. The van der Waals surface area contributed by atoms with Crippen molar-refractivity contribution in [3.63, 3.8) is 0 Å². The van der Waals surface area contributed by atoms with E-state index in [2.05, 4.69) is 19.1 Å². The molecule has 4 rings (SSSR count). The molecule has 0 fully saturated rings. The first-order valence-electron chi connectivity index (χ1n) is 9.82. The molecule has 150 valence electrons. The van der Waals surface area contributed by atoms with E-state index in [4.69, 9.17) is 16.6 Å². The number of nitrogens with zero attached hydrogens (tertiary/aromatic N) is 2. The summed E-state index contributed by atoms with van der Waals surface area (Å²) in [4.78, 5) is 19.8. The Morgan fingerprint density at radius 1 is 1.03 bits per heavy atom. The van der Waals surface area contributed by atoms with Crippen molar-refractivity contribution in [2.45, 2.75) is 19.9 Å². The summed E-state index contributed by atoms with van der Waals surface area (Å²) in [5.41, 5.74) is 4.02. The zero-order valence-corrected chi connectivity index (χ0v) is 18.2. The monoisotopic (exact) mass is 432 g/mol. The topological polar surface area (TPSA) is 33.2 Å². The van der Waals surface area contributed by atoms with Crippen LogP contribution < -0.4 is 4.90 Å². The maximum Gasteiger partial charge on any atom is 0.253 e. The fraction of sp³-hybridized carbons (Fsp3) is 0.120. The number of rotatable bonds is 6. The summed E-state index contributed by atoms with van der Waals surface area (Å²) < 4.78 is 1.09. The van der Waals surface area contributed by atoms with Crippen LogP contribution in [0, 0.1) is 0 Å². The molecule has 0 N–H and O–H groups in total. The average molecular weight is 433 g/mol. The molecule has 0 aliphatic heterocycles. The number of carbonyl (C=O) groups is 1. The zero-order valence-electron chi connectivity index (χ0n) is 16.6. The van der Waals surface area contributed by atoms with E-state index in [-0.39, 0.29) is 5.91 Å². The molecular formula is C25H21ClN2OS. The molecule has 0 aliphatic carbocycles. The SMILES string of the molecule is CCc1cccc2sc(N(Cc3ccccc3)C(=O)/C=C/c3ccccc3Cl)nc12. The molecule has 3 nitrogen and oxygen atoms in total. The van der Waals surface area contributed by atoms with E-state index in [1.54, 1.807) is 28.4 Å². The van der Waals surface area contributed by atoms with Crippen LogP contribution in [0.15, 0.2) is 78.9 Å². The number of halogens is 1. The van der Waals surface area contributed by atoms with Crippen LogP contribution in [0.25, 0.3) is 16.3 Å². The summed E-state index contributed by atoms with van der Waals surface area (Å²) in [7, 11) is 0. The molecule has 1 aromatic heterocycles. The average Bonchev–Trinajstić information content (AvgIpc) is 3.21. The van der Waals surface area contributed by atoms with Gasteiger partial charge in [-0.3, -0.25) is 9.69 Å². The molecule has 0 radical (unpaired) electrons. The molecule has 0 atom stereocenters. The number of thiazole rings is 1. The lowest BCUT2D eigenvalue weighted by atomic mass is 10.1. The predicted molar refractivity (Wildman–Crippen MR) is 127 cm³/mol. The summed E-state index contributed by atoms with van der Waals surface area (Å²) in [6, 6.07) is 23.6. The number of anilines is 1. The van der Waals surface area contributed by atoms with Gasteiger partial charge in [0.05, 0.1) is 16.8 Å². The summed E-state index contributed by atoms with van der Waals surface area (Å²) >= 11 is 7.78. The minimum Gasteiger partial charge on any atom is -0.280 e. The van der Waals surface area contributed by atoms with Gasteiger partial charge in [-0.1, -0.05) is 90.5 Å². The Hall–Kier alpha value is -2.95. The number of aryl methyl sites for hydroxylation is 1. The van der Waals surface area contributed by atoms with Crippen LogP contribution in [0.3, 0.4) is 0 Å². The van der Waals surface area contributed by atoms with Gasteiger partial charge in [-0.15, -0.1) is 0 Å². The van der Waals surface area contributed by atoms with Crippen molar-refractivity contribution < 1.29 is 4.79 Å². The van der Waals surface area contributed by atoms with Gasteiger partial charge in [0, 0.05) is 11.1 Å². The van der Waals surface area contributed by atoms with Crippen molar-refractivity contribution in [1.29, 1.82) is 0 Å². The van der Waals surface area contributed by atoms with Crippen LogP contribution in [-0.2, 0) is 17.8 Å². The normalized spacial score (nSPS) is 11.3. The quantitative estimate of drug-likeness (QED) is 0.315. The lowest BCUT2D eigenvalue weighted by molar-refractivity contribution is -0.114. The van der Waals surface area contributed by atoms with Gasteiger partial charge in [0.2, 0.25) is 0 Å². The van der Waals surface area contributed by atoms with Gasteiger partial charge in [0.15, 0.2) is 5.13 Å². The third-order valence-electron chi connectivity index (χ3n) is 4.86. The van der Waals surface area contributed by atoms with Crippen LogP contribution in [0.1, 0.15) is 23.6 Å². The van der Waals surface area contributed by atoms with Gasteiger partial charge in [-0.2, -0.15) is 0 Å². The van der Waals surface area contributed by atoms with Crippen LogP contribution in [0.2, 0.25) is 5.02 Å². The van der Waals surface area contributed by atoms with E-state index >= 15 is 0 Å². The standard InChI is InChI=1S/C25H21ClN2OS/c1-2-19-12-8-14-22-24(19)27-25(30-22)28(17-18-9-4-3-5-10-18)23(29)16-15-20-11-6-7-13-21(20)26/h3-16H,2,17H2,1H3/b16-15+. The van der Waals surface area contributed by atoms with E-state index in [0.717, 1.165) is 27.8 Å². The van der Waals surface area contributed by atoms with Gasteiger partial charge in [0.1, 0.15) is 0 Å². The molecule has 1 amide bonds. The first-order chi connectivity index (χ1) is 14.7. The second-order valence-corrected chi connectivity index (χ2v) is 8.29. The number of carbonyl (C=O) groups excluding carboxylic acids is 1. The fourth-order valence-corrected chi connectivity index (χ4v) is 4.48. The Morgan fingerprint density at radius 2 is 1.80 bits per heavy atom. The zero-order chi connectivity index (χ0) is 20.9. The highest BCUT2D eigenvalue weighted by Crippen LogP contribution is 2.32. The number of fused-ring (bicyclic) bond motifs is 1. The molecule has 0 saturated carbocycles. The highest BCUT2D eigenvalue weighted by atomic mass is 35.5. The van der Waals surface area contributed by atoms with Crippen LogP contribution in [0.5, 0.6) is 0 Å². The van der Waals surface area contributed by atoms with Crippen molar-refractivity contribution in [2.24, 2.45) is 0 Å². The smallest absolute Gasteiger partial charge is 0.253 e. The summed E-state index contributed by atoms with van der Waals surface area (Å²) in [5.74, 6) is -0.129. The van der Waals surface area contributed by atoms with Crippen molar-refractivity contribution in [3.05, 3.63) is 101 Å². The van der Waals surface area contributed by atoms with E-state index in [0.29, 0.717) is 16.7 Å². The van der Waals surface area contributed by atoms with Crippen LogP contribution in [0.4, 0.5) is 5.13 Å². The van der Waals surface area contributed by atoms with Crippen molar-refractivity contribution in [2.75, 3.05) is 4.90 Å². The molecule has 0 unspecified atom stereocenters. The highest BCUT2D eigenvalue weighted by molar-refractivity contribution is 7.22. The molecule has 4 aromatic rings. The van der Waals surface area contributed by atoms with Crippen molar-refractivity contribution >= 4 is 50.3 Å². The maximum absolute atomic E-state index is 13.2. The summed E-state index contributed by atoms with van der Waals surface area (Å²) in [5, 5.41) is 1.31. The van der Waals surface area contributed by atoms with E-state index in [1.807, 2.05) is 60.7 Å². The van der Waals surface area contributed by atoms with E-state index in [1.165, 1.54) is 5.56 Å². The Labute approximate surface area is 185 Å². The summed E-state index contributed by atoms with van der Waals surface area (Å²) in [6.07, 6.45) is 4.23. The number of hydrogen-bond acceptors (Lipinski definition) is 3. The molecule has 30 heavy (non-hydrogen) atoms. The van der Waals surface area contributed by atoms with Crippen molar-refractivity contribution in [1.82, 2.24) is 4.98 Å². The van der Waals surface area contributed by atoms with Crippen LogP contribution in [-0.4, -0.2) is 10.9 Å². The first-order valence-corrected chi connectivity index (χ1v) is 11.0. The van der Waals surface area contributed by atoms with Crippen LogP contribution >= 0.6 is 22.9 Å². The molecule has 0 spiro atoms. The number of aromatic nitrogens is 1. The number of hydrogen-bond donors (Lipinski definition) is 0. The lowest BCUT2D eigenvalue weighted by Gasteiger charge is -2.18. The maximum atomic E-state index is 13.2. The van der Waals surface area contributed by atoms with E-state index < -0.39 is 0 Å². The predicted octanol–water partition coefficient (Wildman–Crippen LogP) is 6.76. The Bertz CT molecular complexity index is 1200. The molecule has 5 heteroatoms. The number of para-hydroxylation sites is 1. The van der Waals surface area contributed by atoms with Gasteiger partial charge in [0.25, 0.3) is 5.91 Å². The Kier molecular flexibility index (Phi) is 6.26.